The lowest BCUT2D eigenvalue weighted by Crippen LogP contribution is -2.49. The first kappa shape index (κ1) is 17.1. The van der Waals surface area contributed by atoms with Crippen molar-refractivity contribution in [2.75, 3.05) is 26.2 Å². The summed E-state index contributed by atoms with van der Waals surface area (Å²) in [5, 5.41) is 6.43. The predicted molar refractivity (Wildman–Crippen MR) is 84.6 cm³/mol. The van der Waals surface area contributed by atoms with Gasteiger partial charge in [0.2, 0.25) is 5.91 Å². The van der Waals surface area contributed by atoms with E-state index in [1.54, 1.807) is 4.90 Å². The van der Waals surface area contributed by atoms with Gasteiger partial charge in [-0.3, -0.25) is 4.79 Å². The molecule has 2 aliphatic rings. The largest absolute Gasteiger partial charge is 0.450 e. The molecule has 1 saturated heterocycles. The third-order valence-corrected chi connectivity index (χ3v) is 4.54. The smallest absolute Gasteiger partial charge is 0.409 e. The van der Waals surface area contributed by atoms with Crippen LogP contribution in [-0.4, -0.2) is 55.2 Å². The number of rotatable bonds is 5. The maximum atomic E-state index is 12.0. The molecule has 0 aromatic rings. The molecule has 126 valence electrons. The van der Waals surface area contributed by atoms with Crippen molar-refractivity contribution in [1.82, 2.24) is 15.5 Å². The maximum absolute atomic E-state index is 12.0. The number of ether oxygens (including phenoxy) is 1. The van der Waals surface area contributed by atoms with Gasteiger partial charge < -0.3 is 20.3 Å². The molecule has 0 unspecified atom stereocenters. The van der Waals surface area contributed by atoms with Crippen molar-refractivity contribution in [2.45, 2.75) is 64.0 Å². The van der Waals surface area contributed by atoms with E-state index in [4.69, 9.17) is 4.74 Å². The second-order valence-corrected chi connectivity index (χ2v) is 6.24. The molecule has 6 nitrogen and oxygen atoms in total. The van der Waals surface area contributed by atoms with Crippen LogP contribution in [0.4, 0.5) is 4.79 Å². The van der Waals surface area contributed by atoms with E-state index in [2.05, 4.69) is 10.6 Å². The van der Waals surface area contributed by atoms with Crippen molar-refractivity contribution < 1.29 is 14.3 Å². The summed E-state index contributed by atoms with van der Waals surface area (Å²) in [5.74, 6) is 0.0696. The van der Waals surface area contributed by atoms with Crippen molar-refractivity contribution in [3.05, 3.63) is 0 Å². The summed E-state index contributed by atoms with van der Waals surface area (Å²) >= 11 is 0. The van der Waals surface area contributed by atoms with Gasteiger partial charge in [-0.05, 0) is 32.6 Å². The van der Waals surface area contributed by atoms with Crippen molar-refractivity contribution in [3.63, 3.8) is 0 Å². The van der Waals surface area contributed by atoms with Crippen LogP contribution in [0.2, 0.25) is 0 Å². The van der Waals surface area contributed by atoms with Gasteiger partial charge in [0.1, 0.15) is 0 Å². The van der Waals surface area contributed by atoms with Crippen molar-refractivity contribution in [2.24, 2.45) is 0 Å². The Morgan fingerprint density at radius 3 is 2.36 bits per heavy atom. The number of nitrogens with one attached hydrogen (secondary N) is 2. The van der Waals surface area contributed by atoms with Crippen LogP contribution in [0.3, 0.4) is 0 Å². The molecule has 1 aliphatic heterocycles. The number of carbonyl (C=O) groups excluding carboxylic acids is 2. The highest BCUT2D eigenvalue weighted by Crippen LogP contribution is 2.17. The lowest BCUT2D eigenvalue weighted by Gasteiger charge is -2.31. The third kappa shape index (κ3) is 5.48. The summed E-state index contributed by atoms with van der Waals surface area (Å²) in [4.78, 5) is 25.3. The summed E-state index contributed by atoms with van der Waals surface area (Å²) < 4.78 is 4.99. The lowest BCUT2D eigenvalue weighted by molar-refractivity contribution is -0.121. The van der Waals surface area contributed by atoms with Crippen LogP contribution < -0.4 is 10.6 Å². The lowest BCUT2D eigenvalue weighted by atomic mass is 9.95. The standard InChI is InChI=1S/C16H29N3O3/c1-2-22-16(21)19-10-8-14(9-11-19)18-15(20)12-17-13-6-4-3-5-7-13/h13-14,17H,2-12H2,1H3,(H,18,20). The van der Waals surface area contributed by atoms with E-state index in [1.807, 2.05) is 6.92 Å². The van der Waals surface area contributed by atoms with E-state index in [0.29, 0.717) is 32.3 Å². The molecule has 6 heteroatoms. The Bertz CT molecular complexity index is 362. The predicted octanol–water partition coefficient (Wildman–Crippen LogP) is 1.65. The van der Waals surface area contributed by atoms with Gasteiger partial charge >= 0.3 is 6.09 Å². The second kappa shape index (κ2) is 8.98. The van der Waals surface area contributed by atoms with Gasteiger partial charge in [0.15, 0.2) is 0 Å². The van der Waals surface area contributed by atoms with E-state index in [-0.39, 0.29) is 18.0 Å². The Hall–Kier alpha value is -1.30. The number of hydrogen-bond acceptors (Lipinski definition) is 4. The molecule has 2 rings (SSSR count). The minimum absolute atomic E-state index is 0.0696. The topological polar surface area (TPSA) is 70.7 Å². The number of piperidine rings is 1. The minimum Gasteiger partial charge on any atom is -0.450 e. The molecule has 22 heavy (non-hydrogen) atoms. The fourth-order valence-electron chi connectivity index (χ4n) is 3.24. The van der Waals surface area contributed by atoms with Crippen LogP contribution >= 0.6 is 0 Å². The highest BCUT2D eigenvalue weighted by molar-refractivity contribution is 5.78. The molecular weight excluding hydrogens is 282 g/mol. The summed E-state index contributed by atoms with van der Waals surface area (Å²) in [5.41, 5.74) is 0. The average molecular weight is 311 g/mol. The molecule has 0 spiro atoms. The Balaban J connectivity index is 1.60. The normalized spacial score (nSPS) is 20.7. The molecule has 2 N–H and O–H groups in total. The van der Waals surface area contributed by atoms with Crippen LogP contribution in [0.25, 0.3) is 0 Å². The summed E-state index contributed by atoms with van der Waals surface area (Å²) in [6.07, 6.45) is 7.59. The molecule has 0 bridgehead atoms. The summed E-state index contributed by atoms with van der Waals surface area (Å²) in [6, 6.07) is 0.677. The number of amides is 2. The van der Waals surface area contributed by atoms with E-state index >= 15 is 0 Å². The maximum Gasteiger partial charge on any atom is 0.409 e. The van der Waals surface area contributed by atoms with Crippen LogP contribution in [0, 0.1) is 0 Å². The van der Waals surface area contributed by atoms with E-state index in [9.17, 15) is 9.59 Å². The van der Waals surface area contributed by atoms with Gasteiger partial charge in [-0.15, -0.1) is 0 Å². The molecule has 1 heterocycles. The third-order valence-electron chi connectivity index (χ3n) is 4.54. The van der Waals surface area contributed by atoms with Crippen LogP contribution in [-0.2, 0) is 9.53 Å². The quantitative estimate of drug-likeness (QED) is 0.810. The molecule has 1 saturated carbocycles. The van der Waals surface area contributed by atoms with Gasteiger partial charge in [-0.1, -0.05) is 19.3 Å². The summed E-state index contributed by atoms with van der Waals surface area (Å²) in [7, 11) is 0. The van der Waals surface area contributed by atoms with E-state index in [0.717, 1.165) is 12.8 Å². The van der Waals surface area contributed by atoms with Crippen molar-refractivity contribution in [1.29, 1.82) is 0 Å². The minimum atomic E-state index is -0.244. The van der Waals surface area contributed by atoms with Crippen LogP contribution in [0.5, 0.6) is 0 Å². The van der Waals surface area contributed by atoms with Crippen molar-refractivity contribution in [3.8, 4) is 0 Å². The van der Waals surface area contributed by atoms with Crippen LogP contribution in [0.15, 0.2) is 0 Å². The number of carbonyl (C=O) groups is 2. The number of hydrogen-bond donors (Lipinski definition) is 2. The highest BCUT2D eigenvalue weighted by Gasteiger charge is 2.24. The first-order valence-electron chi connectivity index (χ1n) is 8.63. The first-order valence-corrected chi connectivity index (χ1v) is 8.63. The molecule has 0 atom stereocenters. The number of nitrogens with zero attached hydrogens (tertiary/aromatic N) is 1. The van der Waals surface area contributed by atoms with Gasteiger partial charge in [-0.2, -0.15) is 0 Å². The molecular formula is C16H29N3O3. The average Bonchev–Trinajstić information content (AvgIpc) is 2.55. The molecule has 1 aliphatic carbocycles. The Morgan fingerprint density at radius 1 is 1.05 bits per heavy atom. The van der Waals surface area contributed by atoms with Gasteiger partial charge in [0.25, 0.3) is 0 Å². The zero-order valence-corrected chi connectivity index (χ0v) is 13.6. The summed E-state index contributed by atoms with van der Waals surface area (Å²) in [6.45, 7) is 3.93. The SMILES string of the molecule is CCOC(=O)N1CCC(NC(=O)CNC2CCCCC2)CC1. The molecule has 0 radical (unpaired) electrons. The monoisotopic (exact) mass is 311 g/mol. The molecule has 2 fully saturated rings. The van der Waals surface area contributed by atoms with Crippen molar-refractivity contribution >= 4 is 12.0 Å². The Labute approximate surface area is 132 Å². The molecule has 0 aromatic carbocycles. The molecule has 0 aromatic heterocycles. The van der Waals surface area contributed by atoms with E-state index < -0.39 is 0 Å². The molecule has 2 amide bonds. The van der Waals surface area contributed by atoms with Gasteiger partial charge in [0, 0.05) is 25.2 Å². The zero-order chi connectivity index (χ0) is 15.8. The fraction of sp³-hybridized carbons (Fsp3) is 0.875. The Morgan fingerprint density at radius 2 is 1.73 bits per heavy atom. The fourth-order valence-corrected chi connectivity index (χ4v) is 3.24. The van der Waals surface area contributed by atoms with Gasteiger partial charge in [-0.25, -0.2) is 4.79 Å². The van der Waals surface area contributed by atoms with Gasteiger partial charge in [0.05, 0.1) is 13.2 Å². The van der Waals surface area contributed by atoms with Crippen LogP contribution in [0.1, 0.15) is 51.9 Å². The van der Waals surface area contributed by atoms with E-state index in [1.165, 1.54) is 32.1 Å². The highest BCUT2D eigenvalue weighted by atomic mass is 16.6. The first-order chi connectivity index (χ1) is 10.7. The second-order valence-electron chi connectivity index (χ2n) is 6.24. The zero-order valence-electron chi connectivity index (χ0n) is 13.6. The number of likely N-dealkylation sites (tertiary alicyclic amines) is 1. The Kier molecular flexibility index (Phi) is 6.96.